The normalized spacial score (nSPS) is 16.2. The number of nitrogen functional groups attached to an aromatic ring is 1. The van der Waals surface area contributed by atoms with Crippen molar-refractivity contribution in [1.82, 2.24) is 4.31 Å². The zero-order valence-electron chi connectivity index (χ0n) is 9.86. The maximum Gasteiger partial charge on any atom is 0.248 e. The number of benzene rings is 1. The van der Waals surface area contributed by atoms with Crippen LogP contribution in [0.2, 0.25) is 0 Å². The van der Waals surface area contributed by atoms with Gasteiger partial charge in [-0.3, -0.25) is 0 Å². The van der Waals surface area contributed by atoms with E-state index in [0.717, 1.165) is 29.3 Å². The highest BCUT2D eigenvalue weighted by atomic mass is 32.2. The van der Waals surface area contributed by atoms with Crippen LogP contribution in [0.5, 0.6) is 0 Å². The van der Waals surface area contributed by atoms with Crippen molar-refractivity contribution in [3.05, 3.63) is 23.8 Å². The van der Waals surface area contributed by atoms with Gasteiger partial charge in [0, 0.05) is 19.3 Å². The van der Waals surface area contributed by atoms with Crippen molar-refractivity contribution >= 4 is 15.7 Å². The second-order valence-electron chi connectivity index (χ2n) is 4.54. The van der Waals surface area contributed by atoms with Gasteiger partial charge >= 0.3 is 0 Å². The van der Waals surface area contributed by atoms with E-state index in [0.29, 0.717) is 5.92 Å². The molecule has 0 amide bonds. The Morgan fingerprint density at radius 1 is 1.33 bits per heavy atom. The van der Waals surface area contributed by atoms with Gasteiger partial charge in [0.15, 0.2) is 4.90 Å². The van der Waals surface area contributed by atoms with E-state index in [1.807, 2.05) is 0 Å². The quantitative estimate of drug-likeness (QED) is 0.849. The lowest BCUT2D eigenvalue weighted by molar-refractivity contribution is 0.438. The van der Waals surface area contributed by atoms with Crippen LogP contribution in [-0.4, -0.2) is 26.3 Å². The van der Waals surface area contributed by atoms with E-state index < -0.39 is 26.6 Å². The SMILES string of the molecule is CN(CC1CC1)S(=O)(=O)c1c(F)cc(N)cc1F. The van der Waals surface area contributed by atoms with Crippen molar-refractivity contribution in [2.45, 2.75) is 17.7 Å². The molecule has 0 atom stereocenters. The number of halogens is 2. The predicted molar refractivity (Wildman–Crippen MR) is 63.3 cm³/mol. The zero-order chi connectivity index (χ0) is 13.5. The van der Waals surface area contributed by atoms with Gasteiger partial charge in [0.25, 0.3) is 0 Å². The monoisotopic (exact) mass is 276 g/mol. The average molecular weight is 276 g/mol. The van der Waals surface area contributed by atoms with Crippen LogP contribution in [0.3, 0.4) is 0 Å². The summed E-state index contributed by atoms with van der Waals surface area (Å²) in [6, 6.07) is 1.61. The molecule has 18 heavy (non-hydrogen) atoms. The zero-order valence-corrected chi connectivity index (χ0v) is 10.7. The van der Waals surface area contributed by atoms with Crippen LogP contribution in [-0.2, 0) is 10.0 Å². The molecule has 0 aromatic heterocycles. The summed E-state index contributed by atoms with van der Waals surface area (Å²) in [5.41, 5.74) is 5.11. The Morgan fingerprint density at radius 2 is 1.83 bits per heavy atom. The average Bonchev–Trinajstić information content (AvgIpc) is 2.98. The van der Waals surface area contributed by atoms with Gasteiger partial charge in [-0.05, 0) is 30.9 Å². The molecule has 7 heteroatoms. The van der Waals surface area contributed by atoms with Crippen LogP contribution >= 0.6 is 0 Å². The van der Waals surface area contributed by atoms with Crippen LogP contribution in [0.15, 0.2) is 17.0 Å². The van der Waals surface area contributed by atoms with E-state index in [4.69, 9.17) is 5.73 Å². The van der Waals surface area contributed by atoms with Crippen LogP contribution in [0.4, 0.5) is 14.5 Å². The fraction of sp³-hybridized carbons (Fsp3) is 0.455. The summed E-state index contributed by atoms with van der Waals surface area (Å²) in [5, 5.41) is 0. The number of sulfonamides is 1. The molecule has 1 aromatic carbocycles. The highest BCUT2D eigenvalue weighted by Gasteiger charge is 2.32. The maximum atomic E-state index is 13.6. The van der Waals surface area contributed by atoms with E-state index in [9.17, 15) is 17.2 Å². The van der Waals surface area contributed by atoms with Crippen LogP contribution in [0.1, 0.15) is 12.8 Å². The Kier molecular flexibility index (Phi) is 3.29. The molecule has 0 spiro atoms. The standard InChI is InChI=1S/C11H14F2N2O2S/c1-15(6-7-2-3-7)18(16,17)11-9(12)4-8(14)5-10(11)13/h4-5,7H,2-3,6,14H2,1H3. The molecular weight excluding hydrogens is 262 g/mol. The number of nitrogens with two attached hydrogens (primary N) is 1. The van der Waals surface area contributed by atoms with Gasteiger partial charge < -0.3 is 5.73 Å². The van der Waals surface area contributed by atoms with Crippen LogP contribution < -0.4 is 5.73 Å². The third-order valence-corrected chi connectivity index (χ3v) is 4.78. The smallest absolute Gasteiger partial charge is 0.248 e. The molecular formula is C11H14F2N2O2S. The molecule has 2 rings (SSSR count). The summed E-state index contributed by atoms with van der Waals surface area (Å²) in [7, 11) is -2.82. The number of hydrogen-bond donors (Lipinski definition) is 1. The lowest BCUT2D eigenvalue weighted by Gasteiger charge is -2.17. The first-order chi connectivity index (χ1) is 8.32. The first kappa shape index (κ1) is 13.2. The van der Waals surface area contributed by atoms with Gasteiger partial charge in [-0.2, -0.15) is 0 Å². The Bertz CT molecular complexity index is 547. The van der Waals surface area contributed by atoms with Crippen LogP contribution in [0, 0.1) is 17.6 Å². The second-order valence-corrected chi connectivity index (χ2v) is 6.52. The minimum Gasteiger partial charge on any atom is -0.399 e. The molecule has 0 saturated heterocycles. The lowest BCUT2D eigenvalue weighted by atomic mass is 10.3. The first-order valence-corrected chi connectivity index (χ1v) is 6.97. The summed E-state index contributed by atoms with van der Waals surface area (Å²) < 4.78 is 52.3. The van der Waals surface area contributed by atoms with Crippen LogP contribution in [0.25, 0.3) is 0 Å². The Labute approximate surface area is 104 Å². The molecule has 1 fully saturated rings. The van der Waals surface area contributed by atoms with Crippen molar-refractivity contribution < 1.29 is 17.2 Å². The molecule has 0 aliphatic heterocycles. The molecule has 0 radical (unpaired) electrons. The fourth-order valence-corrected chi connectivity index (χ4v) is 3.07. The van der Waals surface area contributed by atoms with Gasteiger partial charge in [0.1, 0.15) is 11.6 Å². The molecule has 2 N–H and O–H groups in total. The van der Waals surface area contributed by atoms with Crippen molar-refractivity contribution in [1.29, 1.82) is 0 Å². The van der Waals surface area contributed by atoms with E-state index in [1.54, 1.807) is 0 Å². The number of nitrogens with zero attached hydrogens (tertiary/aromatic N) is 1. The van der Waals surface area contributed by atoms with Gasteiger partial charge in [0.05, 0.1) is 0 Å². The highest BCUT2D eigenvalue weighted by molar-refractivity contribution is 7.89. The number of rotatable bonds is 4. The molecule has 1 aliphatic rings. The van der Waals surface area contributed by atoms with E-state index >= 15 is 0 Å². The van der Waals surface area contributed by atoms with Crippen molar-refractivity contribution in [3.63, 3.8) is 0 Å². The topological polar surface area (TPSA) is 63.4 Å². The third kappa shape index (κ3) is 2.46. The summed E-state index contributed by atoms with van der Waals surface area (Å²) in [6.07, 6.45) is 1.90. The minimum absolute atomic E-state index is 0.145. The fourth-order valence-electron chi connectivity index (χ4n) is 1.74. The second kappa shape index (κ2) is 4.47. The summed E-state index contributed by atoms with van der Waals surface area (Å²) >= 11 is 0. The largest absolute Gasteiger partial charge is 0.399 e. The van der Waals surface area contributed by atoms with Gasteiger partial charge in [-0.25, -0.2) is 21.5 Å². The Hall–Kier alpha value is -1.21. The lowest BCUT2D eigenvalue weighted by Crippen LogP contribution is -2.30. The predicted octanol–water partition coefficient (Wildman–Crippen LogP) is 1.58. The number of hydrogen-bond acceptors (Lipinski definition) is 3. The maximum absolute atomic E-state index is 13.6. The molecule has 0 bridgehead atoms. The summed E-state index contributed by atoms with van der Waals surface area (Å²) in [5.74, 6) is -2.02. The molecule has 0 unspecified atom stereocenters. The third-order valence-electron chi connectivity index (χ3n) is 2.90. The molecule has 1 aliphatic carbocycles. The molecule has 1 saturated carbocycles. The summed E-state index contributed by atoms with van der Waals surface area (Å²) in [4.78, 5) is -0.931. The van der Waals surface area contributed by atoms with Gasteiger partial charge in [-0.15, -0.1) is 0 Å². The minimum atomic E-state index is -4.14. The van der Waals surface area contributed by atoms with E-state index in [2.05, 4.69) is 0 Å². The van der Waals surface area contributed by atoms with Crippen molar-refractivity contribution in [2.75, 3.05) is 19.3 Å². The molecule has 4 nitrogen and oxygen atoms in total. The Balaban J connectivity index is 2.39. The van der Waals surface area contributed by atoms with Crippen molar-refractivity contribution in [2.24, 2.45) is 5.92 Å². The van der Waals surface area contributed by atoms with Crippen molar-refractivity contribution in [3.8, 4) is 0 Å². The van der Waals surface area contributed by atoms with Gasteiger partial charge in [0.2, 0.25) is 10.0 Å². The molecule has 100 valence electrons. The number of anilines is 1. The van der Waals surface area contributed by atoms with E-state index in [-0.39, 0.29) is 12.2 Å². The Morgan fingerprint density at radius 3 is 2.28 bits per heavy atom. The molecule has 0 heterocycles. The summed E-state index contributed by atoms with van der Waals surface area (Å²) in [6.45, 7) is 0.283. The van der Waals surface area contributed by atoms with E-state index in [1.165, 1.54) is 7.05 Å². The molecule has 1 aromatic rings. The van der Waals surface area contributed by atoms with Gasteiger partial charge in [-0.1, -0.05) is 0 Å². The highest BCUT2D eigenvalue weighted by Crippen LogP contribution is 2.32. The first-order valence-electron chi connectivity index (χ1n) is 5.53.